The number of halogens is 2. The summed E-state index contributed by atoms with van der Waals surface area (Å²) in [6.45, 7) is 3.98. The molecule has 1 aromatic heterocycles. The molecule has 126 valence electrons. The van der Waals surface area contributed by atoms with Crippen molar-refractivity contribution in [3.05, 3.63) is 55.7 Å². The maximum Gasteiger partial charge on any atom is 0.117 e. The van der Waals surface area contributed by atoms with E-state index >= 15 is 0 Å². The Kier molecular flexibility index (Phi) is 4.64. The van der Waals surface area contributed by atoms with Crippen molar-refractivity contribution in [2.45, 2.75) is 18.9 Å². The number of nitrogens with zero attached hydrogens (tertiary/aromatic N) is 2. The highest BCUT2D eigenvalue weighted by molar-refractivity contribution is 9.10. The van der Waals surface area contributed by atoms with Crippen molar-refractivity contribution >= 4 is 31.9 Å². The Bertz CT molecular complexity index is 775. The normalized spacial score (nSPS) is 21.0. The molecule has 24 heavy (non-hydrogen) atoms. The molecule has 2 heterocycles. The third-order valence-electron chi connectivity index (χ3n) is 4.88. The van der Waals surface area contributed by atoms with Crippen molar-refractivity contribution in [1.82, 2.24) is 15.2 Å². The Hall–Kier alpha value is -0.950. The number of phenolic OH excluding ortho intramolecular Hbond substituents is 1. The standard InChI is InChI=1S/C18H19Br2N3O/c19-13-7-12-2-1-11-8-14(24)9-15(20)16(11)18(17(12)22-10-13)23-5-3-21-4-6-23/h7-10,18,21,24H,1-6H2. The maximum atomic E-state index is 10.0. The van der Waals surface area contributed by atoms with Crippen molar-refractivity contribution in [2.24, 2.45) is 0 Å². The molecule has 1 saturated heterocycles. The van der Waals surface area contributed by atoms with Gasteiger partial charge in [0.25, 0.3) is 0 Å². The Labute approximate surface area is 158 Å². The summed E-state index contributed by atoms with van der Waals surface area (Å²) in [5.41, 5.74) is 4.89. The van der Waals surface area contributed by atoms with Gasteiger partial charge in [-0.25, -0.2) is 0 Å². The first-order valence-corrected chi connectivity index (χ1v) is 9.82. The SMILES string of the molecule is Oc1cc(Br)c2c(c1)CCc1cc(Br)cnc1C2N1CCNCC1. The highest BCUT2D eigenvalue weighted by Crippen LogP contribution is 2.41. The van der Waals surface area contributed by atoms with E-state index in [-0.39, 0.29) is 6.04 Å². The molecule has 4 nitrogen and oxygen atoms in total. The highest BCUT2D eigenvalue weighted by atomic mass is 79.9. The number of fused-ring (bicyclic) bond motifs is 2. The second kappa shape index (κ2) is 6.75. The van der Waals surface area contributed by atoms with Crippen LogP contribution in [-0.2, 0) is 12.8 Å². The van der Waals surface area contributed by atoms with Crippen molar-refractivity contribution in [3.8, 4) is 5.75 Å². The first-order chi connectivity index (χ1) is 11.6. The fourth-order valence-corrected chi connectivity index (χ4v) is 4.90. The van der Waals surface area contributed by atoms with E-state index in [0.717, 1.165) is 53.7 Å². The summed E-state index contributed by atoms with van der Waals surface area (Å²) in [6, 6.07) is 6.04. The number of phenols is 1. The highest BCUT2D eigenvalue weighted by Gasteiger charge is 2.32. The van der Waals surface area contributed by atoms with Gasteiger partial charge in [0, 0.05) is 41.3 Å². The minimum Gasteiger partial charge on any atom is -0.508 e. The van der Waals surface area contributed by atoms with E-state index in [0.29, 0.717) is 5.75 Å². The quantitative estimate of drug-likeness (QED) is 0.696. The van der Waals surface area contributed by atoms with Gasteiger partial charge in [0.15, 0.2) is 0 Å². The molecule has 0 bridgehead atoms. The predicted octanol–water partition coefficient (Wildman–Crippen LogP) is 3.41. The molecule has 0 saturated carbocycles. The number of aryl methyl sites for hydroxylation is 2. The molecule has 4 rings (SSSR count). The Balaban J connectivity index is 1.91. The summed E-state index contributed by atoms with van der Waals surface area (Å²) in [7, 11) is 0. The fourth-order valence-electron chi connectivity index (χ4n) is 3.81. The first kappa shape index (κ1) is 16.5. The summed E-state index contributed by atoms with van der Waals surface area (Å²) >= 11 is 7.26. The lowest BCUT2D eigenvalue weighted by atomic mass is 9.96. The number of aromatic nitrogens is 1. The largest absolute Gasteiger partial charge is 0.508 e. The lowest BCUT2D eigenvalue weighted by molar-refractivity contribution is 0.194. The van der Waals surface area contributed by atoms with Crippen LogP contribution in [0.2, 0.25) is 0 Å². The number of rotatable bonds is 1. The van der Waals surface area contributed by atoms with Crippen LogP contribution in [0.5, 0.6) is 5.75 Å². The molecule has 1 aliphatic heterocycles. The number of pyridine rings is 1. The molecule has 0 spiro atoms. The molecule has 1 aliphatic carbocycles. The van der Waals surface area contributed by atoms with E-state index < -0.39 is 0 Å². The molecule has 0 amide bonds. The topological polar surface area (TPSA) is 48.4 Å². The van der Waals surface area contributed by atoms with Gasteiger partial charge >= 0.3 is 0 Å². The van der Waals surface area contributed by atoms with Crippen LogP contribution in [-0.4, -0.2) is 41.2 Å². The van der Waals surface area contributed by atoms with Crippen LogP contribution in [0, 0.1) is 0 Å². The summed E-state index contributed by atoms with van der Waals surface area (Å²) in [5.74, 6) is 0.319. The van der Waals surface area contributed by atoms with Gasteiger partial charge in [0.1, 0.15) is 5.75 Å². The van der Waals surface area contributed by atoms with Crippen LogP contribution in [0.1, 0.15) is 28.4 Å². The van der Waals surface area contributed by atoms with Gasteiger partial charge in [0.2, 0.25) is 0 Å². The molecular formula is C18H19Br2N3O. The third-order valence-corrected chi connectivity index (χ3v) is 5.97. The van der Waals surface area contributed by atoms with Gasteiger partial charge in [0.05, 0.1) is 11.7 Å². The van der Waals surface area contributed by atoms with Crippen LogP contribution in [0.4, 0.5) is 0 Å². The molecule has 0 radical (unpaired) electrons. The molecule has 2 aromatic rings. The molecule has 2 N–H and O–H groups in total. The van der Waals surface area contributed by atoms with Gasteiger partial charge in [-0.2, -0.15) is 0 Å². The van der Waals surface area contributed by atoms with Crippen LogP contribution in [0.3, 0.4) is 0 Å². The van der Waals surface area contributed by atoms with Gasteiger partial charge in [-0.05, 0) is 63.7 Å². The summed E-state index contributed by atoms with van der Waals surface area (Å²) in [5, 5.41) is 13.5. The van der Waals surface area contributed by atoms with Crippen molar-refractivity contribution in [2.75, 3.05) is 26.2 Å². The molecule has 1 aromatic carbocycles. The number of aromatic hydroxyl groups is 1. The van der Waals surface area contributed by atoms with E-state index in [1.165, 1.54) is 16.7 Å². The zero-order valence-electron chi connectivity index (χ0n) is 13.2. The van der Waals surface area contributed by atoms with Crippen LogP contribution in [0.25, 0.3) is 0 Å². The summed E-state index contributed by atoms with van der Waals surface area (Å²) in [4.78, 5) is 7.31. The molecule has 6 heteroatoms. The Morgan fingerprint density at radius 3 is 2.62 bits per heavy atom. The van der Waals surface area contributed by atoms with E-state index in [4.69, 9.17) is 4.98 Å². The van der Waals surface area contributed by atoms with Gasteiger partial charge in [-0.15, -0.1) is 0 Å². The maximum absolute atomic E-state index is 10.0. The third kappa shape index (κ3) is 3.01. The monoisotopic (exact) mass is 451 g/mol. The van der Waals surface area contributed by atoms with Crippen molar-refractivity contribution < 1.29 is 5.11 Å². The lowest BCUT2D eigenvalue weighted by Gasteiger charge is -2.36. The first-order valence-electron chi connectivity index (χ1n) is 8.24. The Morgan fingerprint density at radius 2 is 1.83 bits per heavy atom. The summed E-state index contributed by atoms with van der Waals surface area (Å²) < 4.78 is 1.99. The van der Waals surface area contributed by atoms with Crippen LogP contribution >= 0.6 is 31.9 Å². The van der Waals surface area contributed by atoms with Gasteiger partial charge < -0.3 is 10.4 Å². The second-order valence-corrected chi connectivity index (χ2v) is 8.16. The summed E-state index contributed by atoms with van der Waals surface area (Å²) in [6.07, 6.45) is 3.75. The zero-order chi connectivity index (χ0) is 16.7. The Morgan fingerprint density at radius 1 is 1.08 bits per heavy atom. The molecule has 1 fully saturated rings. The number of piperazine rings is 1. The second-order valence-electron chi connectivity index (χ2n) is 6.39. The zero-order valence-corrected chi connectivity index (χ0v) is 16.4. The molecule has 2 aliphatic rings. The lowest BCUT2D eigenvalue weighted by Crippen LogP contribution is -2.45. The van der Waals surface area contributed by atoms with Crippen LogP contribution < -0.4 is 5.32 Å². The van der Waals surface area contributed by atoms with Gasteiger partial charge in [-0.1, -0.05) is 15.9 Å². The minimum absolute atomic E-state index is 0.127. The van der Waals surface area contributed by atoms with E-state index in [9.17, 15) is 5.11 Å². The molecular weight excluding hydrogens is 434 g/mol. The van der Waals surface area contributed by atoms with E-state index in [2.05, 4.69) is 48.1 Å². The minimum atomic E-state index is 0.127. The van der Waals surface area contributed by atoms with E-state index in [1.54, 1.807) is 6.07 Å². The predicted molar refractivity (Wildman–Crippen MR) is 101 cm³/mol. The van der Waals surface area contributed by atoms with Crippen LogP contribution in [0.15, 0.2) is 33.3 Å². The average molecular weight is 453 g/mol. The number of hydrogen-bond donors (Lipinski definition) is 2. The number of benzene rings is 1. The fraction of sp³-hybridized carbons (Fsp3) is 0.389. The average Bonchev–Trinajstić information content (AvgIpc) is 2.72. The molecule has 1 unspecified atom stereocenters. The van der Waals surface area contributed by atoms with E-state index in [1.807, 2.05) is 12.3 Å². The molecule has 1 atom stereocenters. The number of nitrogens with one attached hydrogen (secondary N) is 1. The van der Waals surface area contributed by atoms with Gasteiger partial charge in [-0.3, -0.25) is 9.88 Å². The van der Waals surface area contributed by atoms with Crippen molar-refractivity contribution in [1.29, 1.82) is 0 Å². The van der Waals surface area contributed by atoms with Crippen molar-refractivity contribution in [3.63, 3.8) is 0 Å². The number of hydrogen-bond acceptors (Lipinski definition) is 4. The smallest absolute Gasteiger partial charge is 0.117 e.